The summed E-state index contributed by atoms with van der Waals surface area (Å²) in [7, 11) is 0. The molecule has 0 aromatic rings. The molecule has 2 N–H and O–H groups in total. The van der Waals surface area contributed by atoms with Crippen LogP contribution in [0, 0.1) is 5.92 Å². The molecule has 6 heteroatoms. The molecule has 0 heterocycles. The Labute approximate surface area is 104 Å². The van der Waals surface area contributed by atoms with Crippen LogP contribution < -0.4 is 5.73 Å². The first-order valence-electron chi connectivity index (χ1n) is 5.75. The number of carbonyl (C=O) groups is 2. The highest BCUT2D eigenvalue weighted by Crippen LogP contribution is 2.41. The van der Waals surface area contributed by atoms with E-state index in [0.717, 1.165) is 0 Å². The van der Waals surface area contributed by atoms with E-state index in [4.69, 9.17) is 5.73 Å². The molecule has 0 aromatic heterocycles. The van der Waals surface area contributed by atoms with Gasteiger partial charge in [-0.05, 0) is 31.3 Å². The van der Waals surface area contributed by atoms with E-state index in [2.05, 4.69) is 11.3 Å². The molecule has 0 bridgehead atoms. The molecule has 1 saturated carbocycles. The molecule has 2 atom stereocenters. The Hall–Kier alpha value is -1.46. The summed E-state index contributed by atoms with van der Waals surface area (Å²) in [5.41, 5.74) is 5.08. The quantitative estimate of drug-likeness (QED) is 0.773. The average molecular weight is 261 g/mol. The first-order chi connectivity index (χ1) is 8.21. The highest BCUT2D eigenvalue weighted by atomic mass is 19.3. The molecule has 0 aromatic carbocycles. The van der Waals surface area contributed by atoms with Crippen LogP contribution in [0.3, 0.4) is 0 Å². The van der Waals surface area contributed by atoms with Gasteiger partial charge in [0, 0.05) is 12.8 Å². The van der Waals surface area contributed by atoms with Crippen molar-refractivity contribution in [2.24, 2.45) is 11.7 Å². The van der Waals surface area contributed by atoms with Crippen molar-refractivity contribution < 1.29 is 23.1 Å². The zero-order valence-corrected chi connectivity index (χ0v) is 10.2. The maximum Gasteiger partial charge on any atom is 0.405 e. The summed E-state index contributed by atoms with van der Waals surface area (Å²) in [6, 6.07) is 0. The molecule has 18 heavy (non-hydrogen) atoms. The largest absolute Gasteiger partial charge is 0.438 e. The lowest BCUT2D eigenvalue weighted by Crippen LogP contribution is -2.32. The Kier molecular flexibility index (Phi) is 4.43. The van der Waals surface area contributed by atoms with Crippen LogP contribution >= 0.6 is 0 Å². The number of ether oxygens (including phenoxy) is 1. The van der Waals surface area contributed by atoms with Crippen LogP contribution in [-0.2, 0) is 9.53 Å². The summed E-state index contributed by atoms with van der Waals surface area (Å²) in [6.07, 6.45) is -2.27. The lowest BCUT2D eigenvalue weighted by Gasteiger charge is -2.19. The summed E-state index contributed by atoms with van der Waals surface area (Å²) in [6.45, 7) is 4.93. The summed E-state index contributed by atoms with van der Waals surface area (Å²) in [4.78, 5) is 22.4. The standard InChI is InChI=1S/C12H17F2NO3/c1-7(2)10(16)9(18-11(15)17)5-8-3-4-12(13,14)6-8/h8-9H,1,3-6H2,2H3,(H2,15,17)/t8?,9-/m1/s1. The van der Waals surface area contributed by atoms with Crippen molar-refractivity contribution in [2.45, 2.75) is 44.6 Å². The molecule has 1 unspecified atom stereocenters. The molecule has 1 aliphatic carbocycles. The van der Waals surface area contributed by atoms with Crippen LogP contribution in [-0.4, -0.2) is 23.9 Å². The predicted octanol–water partition coefficient (Wildman–Crippen LogP) is 2.42. The van der Waals surface area contributed by atoms with Gasteiger partial charge in [-0.3, -0.25) is 4.79 Å². The topological polar surface area (TPSA) is 69.4 Å². The number of primary amides is 1. The van der Waals surface area contributed by atoms with Crippen LogP contribution in [0.5, 0.6) is 0 Å². The molecule has 1 amide bonds. The van der Waals surface area contributed by atoms with Gasteiger partial charge in [0.05, 0.1) is 0 Å². The van der Waals surface area contributed by atoms with Crippen LogP contribution in [0.1, 0.15) is 32.6 Å². The maximum atomic E-state index is 13.0. The van der Waals surface area contributed by atoms with Crippen molar-refractivity contribution in [1.29, 1.82) is 0 Å². The second-order valence-corrected chi connectivity index (χ2v) is 4.77. The van der Waals surface area contributed by atoms with E-state index in [1.54, 1.807) is 0 Å². The van der Waals surface area contributed by atoms with Crippen molar-refractivity contribution in [3.63, 3.8) is 0 Å². The molecule has 4 nitrogen and oxygen atoms in total. The zero-order valence-electron chi connectivity index (χ0n) is 10.2. The van der Waals surface area contributed by atoms with E-state index in [9.17, 15) is 18.4 Å². The van der Waals surface area contributed by atoms with E-state index in [0.29, 0.717) is 6.42 Å². The second kappa shape index (κ2) is 5.46. The van der Waals surface area contributed by atoms with Gasteiger partial charge < -0.3 is 10.5 Å². The fraction of sp³-hybridized carbons (Fsp3) is 0.667. The maximum absolute atomic E-state index is 13.0. The summed E-state index contributed by atoms with van der Waals surface area (Å²) >= 11 is 0. The molecule has 0 saturated heterocycles. The fourth-order valence-electron chi connectivity index (χ4n) is 2.17. The van der Waals surface area contributed by atoms with Crippen molar-refractivity contribution in [2.75, 3.05) is 0 Å². The molecule has 0 radical (unpaired) electrons. The third kappa shape index (κ3) is 4.09. The molecule has 1 fully saturated rings. The van der Waals surface area contributed by atoms with Crippen molar-refractivity contribution in [3.05, 3.63) is 12.2 Å². The third-order valence-corrected chi connectivity index (χ3v) is 3.02. The Morgan fingerprint density at radius 1 is 1.56 bits per heavy atom. The average Bonchev–Trinajstić information content (AvgIpc) is 2.55. The number of hydrogen-bond acceptors (Lipinski definition) is 3. The summed E-state index contributed by atoms with van der Waals surface area (Å²) in [5, 5.41) is 0. The Balaban J connectivity index is 2.65. The van der Waals surface area contributed by atoms with Gasteiger partial charge in [-0.15, -0.1) is 0 Å². The minimum atomic E-state index is -2.69. The Morgan fingerprint density at radius 2 is 2.17 bits per heavy atom. The van der Waals surface area contributed by atoms with E-state index >= 15 is 0 Å². The van der Waals surface area contributed by atoms with E-state index < -0.39 is 23.9 Å². The van der Waals surface area contributed by atoms with E-state index in [1.165, 1.54) is 6.92 Å². The summed E-state index contributed by atoms with van der Waals surface area (Å²) in [5.74, 6) is -3.49. The van der Waals surface area contributed by atoms with Crippen LogP contribution in [0.15, 0.2) is 12.2 Å². The van der Waals surface area contributed by atoms with Gasteiger partial charge in [-0.25, -0.2) is 13.6 Å². The van der Waals surface area contributed by atoms with Gasteiger partial charge in [0.15, 0.2) is 11.9 Å². The number of carbonyl (C=O) groups excluding carboxylic acids is 2. The minimum Gasteiger partial charge on any atom is -0.438 e. The van der Waals surface area contributed by atoms with Crippen molar-refractivity contribution in [1.82, 2.24) is 0 Å². The number of Topliss-reactive ketones (excluding diaryl/α,β-unsaturated/α-hetero) is 1. The van der Waals surface area contributed by atoms with Crippen LogP contribution in [0.2, 0.25) is 0 Å². The van der Waals surface area contributed by atoms with Gasteiger partial charge in [0.2, 0.25) is 5.92 Å². The first-order valence-corrected chi connectivity index (χ1v) is 5.75. The number of amides is 1. The SMILES string of the molecule is C=C(C)C(=O)[C@@H](CC1CCC(F)(F)C1)OC(N)=O. The number of halogens is 2. The van der Waals surface area contributed by atoms with Gasteiger partial charge in [0.25, 0.3) is 0 Å². The smallest absolute Gasteiger partial charge is 0.405 e. The lowest BCUT2D eigenvalue weighted by atomic mass is 9.95. The third-order valence-electron chi connectivity index (χ3n) is 3.02. The van der Waals surface area contributed by atoms with Gasteiger partial charge in [-0.1, -0.05) is 6.58 Å². The lowest BCUT2D eigenvalue weighted by molar-refractivity contribution is -0.124. The predicted molar refractivity (Wildman–Crippen MR) is 61.2 cm³/mol. The molecule has 102 valence electrons. The first kappa shape index (κ1) is 14.6. The fourth-order valence-corrected chi connectivity index (χ4v) is 2.17. The van der Waals surface area contributed by atoms with Gasteiger partial charge in [0.1, 0.15) is 0 Å². The monoisotopic (exact) mass is 261 g/mol. The molecule has 0 spiro atoms. The minimum absolute atomic E-state index is 0.0736. The Bertz CT molecular complexity index is 368. The molecule has 1 rings (SSSR count). The number of rotatable bonds is 5. The van der Waals surface area contributed by atoms with E-state index in [1.807, 2.05) is 0 Å². The second-order valence-electron chi connectivity index (χ2n) is 4.77. The highest BCUT2D eigenvalue weighted by Gasteiger charge is 2.41. The number of nitrogens with two attached hydrogens (primary N) is 1. The van der Waals surface area contributed by atoms with Crippen molar-refractivity contribution in [3.8, 4) is 0 Å². The summed E-state index contributed by atoms with van der Waals surface area (Å²) < 4.78 is 30.8. The molecule has 0 aliphatic heterocycles. The van der Waals surface area contributed by atoms with Crippen molar-refractivity contribution >= 4 is 11.9 Å². The van der Waals surface area contributed by atoms with Gasteiger partial charge >= 0.3 is 6.09 Å². The zero-order chi connectivity index (χ0) is 13.9. The number of hydrogen-bond donors (Lipinski definition) is 1. The van der Waals surface area contributed by atoms with Gasteiger partial charge in [-0.2, -0.15) is 0 Å². The Morgan fingerprint density at radius 3 is 2.56 bits per heavy atom. The normalized spacial score (nSPS) is 23.4. The molecular formula is C12H17F2NO3. The molecular weight excluding hydrogens is 244 g/mol. The molecule has 1 aliphatic rings. The van der Waals surface area contributed by atoms with E-state index in [-0.39, 0.29) is 30.8 Å². The number of ketones is 1. The van der Waals surface area contributed by atoms with Crippen LogP contribution in [0.4, 0.5) is 13.6 Å². The number of alkyl halides is 2. The van der Waals surface area contributed by atoms with Crippen LogP contribution in [0.25, 0.3) is 0 Å². The highest BCUT2D eigenvalue weighted by molar-refractivity contribution is 5.98.